The van der Waals surface area contributed by atoms with E-state index in [-0.39, 0.29) is 0 Å². The Hall–Kier alpha value is -1.32. The SMILES string of the molecule is Bc1ccnc(/C(C)=N/O)c1. The lowest BCUT2D eigenvalue weighted by Crippen LogP contribution is -2.07. The Kier molecular flexibility index (Phi) is 2.26. The molecule has 1 rings (SSSR count). The molecule has 1 aromatic heterocycles. The first-order valence-electron chi connectivity index (χ1n) is 3.35. The number of hydrogen-bond acceptors (Lipinski definition) is 3. The summed E-state index contributed by atoms with van der Waals surface area (Å²) in [5, 5.41) is 11.5. The minimum atomic E-state index is 0.536. The van der Waals surface area contributed by atoms with Gasteiger partial charge in [-0.15, -0.1) is 0 Å². The number of nitrogens with zero attached hydrogens (tertiary/aromatic N) is 2. The van der Waals surface area contributed by atoms with Crippen LogP contribution in [0.4, 0.5) is 0 Å². The molecular formula is C7H9BN2O. The van der Waals surface area contributed by atoms with Crippen LogP contribution in [0.5, 0.6) is 0 Å². The van der Waals surface area contributed by atoms with E-state index in [1.807, 2.05) is 20.0 Å². The lowest BCUT2D eigenvalue weighted by molar-refractivity contribution is 0.319. The maximum absolute atomic E-state index is 8.43. The van der Waals surface area contributed by atoms with Gasteiger partial charge >= 0.3 is 0 Å². The van der Waals surface area contributed by atoms with Crippen molar-refractivity contribution in [1.29, 1.82) is 0 Å². The third-order valence-corrected chi connectivity index (χ3v) is 1.44. The number of rotatable bonds is 1. The van der Waals surface area contributed by atoms with Gasteiger partial charge in [0.15, 0.2) is 0 Å². The Morgan fingerprint density at radius 2 is 2.45 bits per heavy atom. The molecule has 4 heteroatoms. The van der Waals surface area contributed by atoms with Gasteiger partial charge in [-0.3, -0.25) is 4.98 Å². The zero-order chi connectivity index (χ0) is 8.27. The molecule has 0 aliphatic rings. The minimum Gasteiger partial charge on any atom is -0.411 e. The summed E-state index contributed by atoms with van der Waals surface area (Å²) in [6, 6.07) is 3.77. The van der Waals surface area contributed by atoms with Gasteiger partial charge in [-0.2, -0.15) is 0 Å². The van der Waals surface area contributed by atoms with E-state index in [1.54, 1.807) is 13.1 Å². The maximum Gasteiger partial charge on any atom is 0.139 e. The average Bonchev–Trinajstić information content (AvgIpc) is 2.03. The Morgan fingerprint density at radius 3 is 3.00 bits per heavy atom. The van der Waals surface area contributed by atoms with E-state index >= 15 is 0 Å². The van der Waals surface area contributed by atoms with Crippen molar-refractivity contribution in [2.45, 2.75) is 6.92 Å². The molecule has 0 radical (unpaired) electrons. The fourth-order valence-electron chi connectivity index (χ4n) is 0.785. The van der Waals surface area contributed by atoms with Crippen molar-refractivity contribution in [2.24, 2.45) is 5.16 Å². The van der Waals surface area contributed by atoms with E-state index in [4.69, 9.17) is 5.21 Å². The van der Waals surface area contributed by atoms with Gasteiger partial charge in [-0.1, -0.05) is 16.7 Å². The highest BCUT2D eigenvalue weighted by Crippen LogP contribution is 1.92. The summed E-state index contributed by atoms with van der Waals surface area (Å²) in [5.74, 6) is 0. The quantitative estimate of drug-likeness (QED) is 0.253. The van der Waals surface area contributed by atoms with Crippen LogP contribution in [0.15, 0.2) is 23.5 Å². The summed E-state index contributed by atoms with van der Waals surface area (Å²) < 4.78 is 0. The fourth-order valence-corrected chi connectivity index (χ4v) is 0.785. The van der Waals surface area contributed by atoms with E-state index in [2.05, 4.69) is 10.1 Å². The second-order valence-corrected chi connectivity index (χ2v) is 2.40. The number of aromatic nitrogens is 1. The van der Waals surface area contributed by atoms with Gasteiger partial charge in [0.1, 0.15) is 13.6 Å². The highest BCUT2D eigenvalue weighted by molar-refractivity contribution is 6.32. The molecule has 0 saturated carbocycles. The first kappa shape index (κ1) is 7.79. The Labute approximate surface area is 66.2 Å². The van der Waals surface area contributed by atoms with Crippen LogP contribution >= 0.6 is 0 Å². The van der Waals surface area contributed by atoms with Crippen LogP contribution in [-0.4, -0.2) is 23.7 Å². The van der Waals surface area contributed by atoms with Crippen molar-refractivity contribution in [3.63, 3.8) is 0 Å². The summed E-state index contributed by atoms with van der Waals surface area (Å²) in [6.07, 6.45) is 1.69. The summed E-state index contributed by atoms with van der Waals surface area (Å²) in [5.41, 5.74) is 2.36. The first-order chi connectivity index (χ1) is 5.24. The third kappa shape index (κ3) is 1.80. The fraction of sp³-hybridized carbons (Fsp3) is 0.143. The zero-order valence-corrected chi connectivity index (χ0v) is 6.57. The summed E-state index contributed by atoms with van der Waals surface area (Å²) in [4.78, 5) is 4.02. The van der Waals surface area contributed by atoms with Crippen molar-refractivity contribution in [3.05, 3.63) is 24.0 Å². The summed E-state index contributed by atoms with van der Waals surface area (Å²) in [6.45, 7) is 1.71. The van der Waals surface area contributed by atoms with Crippen molar-refractivity contribution in [2.75, 3.05) is 0 Å². The van der Waals surface area contributed by atoms with Gasteiger partial charge in [0.25, 0.3) is 0 Å². The van der Waals surface area contributed by atoms with Crippen LogP contribution in [0.25, 0.3) is 0 Å². The molecule has 0 bridgehead atoms. The van der Waals surface area contributed by atoms with Crippen molar-refractivity contribution in [3.8, 4) is 0 Å². The van der Waals surface area contributed by atoms with Gasteiger partial charge in [0.05, 0.1) is 5.69 Å². The Bertz CT molecular complexity index is 286. The van der Waals surface area contributed by atoms with E-state index in [9.17, 15) is 0 Å². The Balaban J connectivity index is 3.06. The molecule has 0 amide bonds. The highest BCUT2D eigenvalue weighted by atomic mass is 16.4. The molecule has 1 heterocycles. The van der Waals surface area contributed by atoms with E-state index in [0.29, 0.717) is 11.4 Å². The molecule has 0 saturated heterocycles. The van der Waals surface area contributed by atoms with Gasteiger partial charge in [-0.25, -0.2) is 0 Å². The van der Waals surface area contributed by atoms with Crippen molar-refractivity contribution < 1.29 is 5.21 Å². The predicted octanol–water partition coefficient (Wildman–Crippen LogP) is -0.462. The van der Waals surface area contributed by atoms with Gasteiger partial charge in [0.2, 0.25) is 0 Å². The molecule has 11 heavy (non-hydrogen) atoms. The summed E-state index contributed by atoms with van der Waals surface area (Å²) in [7, 11) is 1.97. The molecule has 0 aliphatic heterocycles. The molecule has 0 spiro atoms. The predicted molar refractivity (Wildman–Crippen MR) is 46.4 cm³/mol. The monoisotopic (exact) mass is 148 g/mol. The second-order valence-electron chi connectivity index (χ2n) is 2.40. The molecule has 3 nitrogen and oxygen atoms in total. The minimum absolute atomic E-state index is 0.536. The molecule has 56 valence electrons. The lowest BCUT2D eigenvalue weighted by Gasteiger charge is -1.97. The molecule has 1 N–H and O–H groups in total. The molecule has 0 atom stereocenters. The first-order valence-corrected chi connectivity index (χ1v) is 3.35. The topological polar surface area (TPSA) is 45.5 Å². The summed E-state index contributed by atoms with van der Waals surface area (Å²) >= 11 is 0. The van der Waals surface area contributed by atoms with Crippen LogP contribution in [0.2, 0.25) is 0 Å². The largest absolute Gasteiger partial charge is 0.411 e. The van der Waals surface area contributed by atoms with Crippen LogP contribution in [0, 0.1) is 0 Å². The molecule has 0 aliphatic carbocycles. The Morgan fingerprint density at radius 1 is 1.73 bits per heavy atom. The van der Waals surface area contributed by atoms with E-state index in [0.717, 1.165) is 5.46 Å². The van der Waals surface area contributed by atoms with E-state index < -0.39 is 0 Å². The van der Waals surface area contributed by atoms with Crippen LogP contribution < -0.4 is 5.46 Å². The number of oxime groups is 1. The third-order valence-electron chi connectivity index (χ3n) is 1.44. The molecular weight excluding hydrogens is 139 g/mol. The molecule has 0 fully saturated rings. The molecule has 0 aromatic carbocycles. The molecule has 0 unspecified atom stereocenters. The van der Waals surface area contributed by atoms with Crippen LogP contribution in [0.1, 0.15) is 12.6 Å². The zero-order valence-electron chi connectivity index (χ0n) is 6.57. The number of hydrogen-bond donors (Lipinski definition) is 1. The van der Waals surface area contributed by atoms with Gasteiger partial charge in [-0.05, 0) is 13.0 Å². The van der Waals surface area contributed by atoms with Crippen molar-refractivity contribution in [1.82, 2.24) is 4.98 Å². The second kappa shape index (κ2) is 3.19. The van der Waals surface area contributed by atoms with Gasteiger partial charge < -0.3 is 5.21 Å². The molecule has 1 aromatic rings. The van der Waals surface area contributed by atoms with Gasteiger partial charge in [0, 0.05) is 6.20 Å². The average molecular weight is 148 g/mol. The van der Waals surface area contributed by atoms with Crippen LogP contribution in [-0.2, 0) is 0 Å². The van der Waals surface area contributed by atoms with Crippen LogP contribution in [0.3, 0.4) is 0 Å². The number of pyridine rings is 1. The van der Waals surface area contributed by atoms with E-state index in [1.165, 1.54) is 0 Å². The maximum atomic E-state index is 8.43. The standard InChI is InChI=1S/C7H9BN2O/c1-5(10-11)7-4-6(8)2-3-9-7/h2-4,11H,8H2,1H3/b10-5+. The normalized spacial score (nSPS) is 11.5. The highest BCUT2D eigenvalue weighted by Gasteiger charge is 1.97. The smallest absolute Gasteiger partial charge is 0.139 e. The lowest BCUT2D eigenvalue weighted by atomic mass is 9.96. The van der Waals surface area contributed by atoms with Crippen molar-refractivity contribution >= 4 is 19.0 Å².